The van der Waals surface area contributed by atoms with Gasteiger partial charge in [0.15, 0.2) is 21.3 Å². The lowest BCUT2D eigenvalue weighted by Gasteiger charge is -2.04. The average Bonchev–Trinajstić information content (AvgIpc) is 2.76. The monoisotopic (exact) mass is 259 g/mol. The standard InChI is InChI=1S/C10H13NO5S/c11-16-4-1-5-17(12,13)8-2-3-9-10(6-8)15-7-14-9/h2-3,6H,1,4-5,7,11H2. The zero-order valence-electron chi connectivity index (χ0n) is 9.09. The molecule has 1 heterocycles. The Bertz CT molecular complexity index is 499. The summed E-state index contributed by atoms with van der Waals surface area (Å²) in [5.74, 6) is 5.85. The Balaban J connectivity index is 2.16. The van der Waals surface area contributed by atoms with Gasteiger partial charge < -0.3 is 14.3 Å². The van der Waals surface area contributed by atoms with Gasteiger partial charge in [-0.1, -0.05) is 0 Å². The van der Waals surface area contributed by atoms with Gasteiger partial charge in [0.25, 0.3) is 0 Å². The third kappa shape index (κ3) is 2.68. The van der Waals surface area contributed by atoms with E-state index >= 15 is 0 Å². The molecule has 1 aliphatic heterocycles. The maximum absolute atomic E-state index is 11.9. The van der Waals surface area contributed by atoms with Crippen LogP contribution in [0.1, 0.15) is 6.42 Å². The first-order valence-corrected chi connectivity index (χ1v) is 6.73. The maximum atomic E-state index is 11.9. The molecular formula is C10H13NO5S. The van der Waals surface area contributed by atoms with Crippen molar-refractivity contribution in [2.45, 2.75) is 11.3 Å². The van der Waals surface area contributed by atoms with Crippen molar-refractivity contribution in [1.29, 1.82) is 0 Å². The number of nitrogens with two attached hydrogens (primary N) is 1. The second kappa shape index (κ2) is 4.91. The Morgan fingerprint density at radius 2 is 2.06 bits per heavy atom. The van der Waals surface area contributed by atoms with Crippen molar-refractivity contribution >= 4 is 9.84 Å². The Labute approximate surface area is 99.1 Å². The summed E-state index contributed by atoms with van der Waals surface area (Å²) < 4.78 is 34.1. The molecule has 6 nitrogen and oxygen atoms in total. The van der Waals surface area contributed by atoms with Crippen molar-refractivity contribution in [2.24, 2.45) is 5.90 Å². The quantitative estimate of drug-likeness (QED) is 0.611. The normalized spacial score (nSPS) is 13.9. The van der Waals surface area contributed by atoms with Crippen LogP contribution >= 0.6 is 0 Å². The van der Waals surface area contributed by atoms with E-state index in [4.69, 9.17) is 15.4 Å². The topological polar surface area (TPSA) is 87.9 Å². The average molecular weight is 259 g/mol. The van der Waals surface area contributed by atoms with Crippen molar-refractivity contribution in [3.8, 4) is 11.5 Å². The highest BCUT2D eigenvalue weighted by atomic mass is 32.2. The van der Waals surface area contributed by atoms with E-state index in [1.54, 1.807) is 6.07 Å². The van der Waals surface area contributed by atoms with Crippen LogP contribution in [-0.4, -0.2) is 27.6 Å². The minimum Gasteiger partial charge on any atom is -0.454 e. The highest BCUT2D eigenvalue weighted by Crippen LogP contribution is 2.34. The molecule has 0 bridgehead atoms. The minimum absolute atomic E-state index is 0.0101. The van der Waals surface area contributed by atoms with E-state index in [-0.39, 0.29) is 24.0 Å². The molecule has 2 rings (SSSR count). The van der Waals surface area contributed by atoms with Crippen LogP contribution in [0.5, 0.6) is 11.5 Å². The van der Waals surface area contributed by atoms with E-state index in [9.17, 15) is 8.42 Å². The lowest BCUT2D eigenvalue weighted by Crippen LogP contribution is -2.11. The molecule has 0 atom stereocenters. The third-order valence-corrected chi connectivity index (χ3v) is 4.18. The summed E-state index contributed by atoms with van der Waals surface area (Å²) in [6, 6.07) is 4.57. The Hall–Kier alpha value is -1.31. The van der Waals surface area contributed by atoms with Gasteiger partial charge in [0, 0.05) is 6.07 Å². The molecule has 0 spiro atoms. The molecular weight excluding hydrogens is 246 g/mol. The van der Waals surface area contributed by atoms with Gasteiger partial charge in [-0.2, -0.15) is 0 Å². The number of rotatable bonds is 5. The predicted molar refractivity (Wildman–Crippen MR) is 59.4 cm³/mol. The van der Waals surface area contributed by atoms with Gasteiger partial charge in [-0.05, 0) is 18.6 Å². The van der Waals surface area contributed by atoms with Crippen LogP contribution in [-0.2, 0) is 14.7 Å². The van der Waals surface area contributed by atoms with Crippen LogP contribution in [0.25, 0.3) is 0 Å². The number of fused-ring (bicyclic) bond motifs is 1. The fraction of sp³-hybridized carbons (Fsp3) is 0.400. The van der Waals surface area contributed by atoms with Crippen LogP contribution in [0.15, 0.2) is 23.1 Å². The maximum Gasteiger partial charge on any atom is 0.231 e. The van der Waals surface area contributed by atoms with Gasteiger partial charge >= 0.3 is 0 Å². The number of hydrogen-bond acceptors (Lipinski definition) is 6. The molecule has 0 unspecified atom stereocenters. The van der Waals surface area contributed by atoms with E-state index in [1.165, 1.54) is 12.1 Å². The van der Waals surface area contributed by atoms with Crippen LogP contribution in [0, 0.1) is 0 Å². The summed E-state index contributed by atoms with van der Waals surface area (Å²) in [6.45, 7) is 0.337. The second-order valence-corrected chi connectivity index (χ2v) is 5.67. The molecule has 1 aromatic carbocycles. The summed E-state index contributed by atoms with van der Waals surface area (Å²) in [4.78, 5) is 4.56. The highest BCUT2D eigenvalue weighted by Gasteiger charge is 2.19. The van der Waals surface area contributed by atoms with Gasteiger partial charge in [-0.3, -0.25) is 0 Å². The summed E-state index contributed by atoms with van der Waals surface area (Å²) in [7, 11) is -3.33. The van der Waals surface area contributed by atoms with Crippen LogP contribution < -0.4 is 15.4 Å². The first kappa shape index (κ1) is 12.2. The molecule has 0 fully saturated rings. The van der Waals surface area contributed by atoms with Crippen molar-refractivity contribution in [2.75, 3.05) is 19.2 Å². The smallest absolute Gasteiger partial charge is 0.231 e. The minimum atomic E-state index is -3.33. The molecule has 0 amide bonds. The van der Waals surface area contributed by atoms with Crippen LogP contribution in [0.2, 0.25) is 0 Å². The molecule has 0 radical (unpaired) electrons. The molecule has 0 saturated carbocycles. The molecule has 0 saturated heterocycles. The van der Waals surface area contributed by atoms with Crippen molar-refractivity contribution in [3.05, 3.63) is 18.2 Å². The van der Waals surface area contributed by atoms with Gasteiger partial charge in [0.2, 0.25) is 6.79 Å². The Kier molecular flexibility index (Phi) is 3.51. The zero-order valence-corrected chi connectivity index (χ0v) is 9.90. The van der Waals surface area contributed by atoms with Crippen molar-refractivity contribution in [3.63, 3.8) is 0 Å². The van der Waals surface area contributed by atoms with E-state index in [2.05, 4.69) is 4.84 Å². The molecule has 17 heavy (non-hydrogen) atoms. The third-order valence-electron chi connectivity index (χ3n) is 2.38. The molecule has 0 aromatic heterocycles. The van der Waals surface area contributed by atoms with E-state index < -0.39 is 9.84 Å². The first-order valence-electron chi connectivity index (χ1n) is 5.07. The molecule has 2 N–H and O–H groups in total. The molecule has 94 valence electrons. The lowest BCUT2D eigenvalue weighted by molar-refractivity contribution is 0.139. The molecule has 7 heteroatoms. The largest absolute Gasteiger partial charge is 0.454 e. The summed E-state index contributed by atoms with van der Waals surface area (Å²) in [6.07, 6.45) is 0.354. The number of benzene rings is 1. The molecule has 1 aromatic rings. The first-order chi connectivity index (χ1) is 8.13. The van der Waals surface area contributed by atoms with E-state index in [0.29, 0.717) is 17.9 Å². The fourth-order valence-corrected chi connectivity index (χ4v) is 2.82. The van der Waals surface area contributed by atoms with Gasteiger partial charge in [-0.15, -0.1) is 0 Å². The Morgan fingerprint density at radius 3 is 2.82 bits per heavy atom. The van der Waals surface area contributed by atoms with E-state index in [1.807, 2.05) is 0 Å². The zero-order chi connectivity index (χ0) is 12.3. The lowest BCUT2D eigenvalue weighted by atomic mass is 10.3. The molecule has 0 aliphatic carbocycles. The number of sulfone groups is 1. The van der Waals surface area contributed by atoms with Gasteiger partial charge in [0.1, 0.15) is 0 Å². The van der Waals surface area contributed by atoms with Crippen molar-refractivity contribution < 1.29 is 22.7 Å². The van der Waals surface area contributed by atoms with Gasteiger partial charge in [0.05, 0.1) is 17.3 Å². The van der Waals surface area contributed by atoms with Crippen molar-refractivity contribution in [1.82, 2.24) is 0 Å². The Morgan fingerprint density at radius 1 is 1.29 bits per heavy atom. The van der Waals surface area contributed by atoms with E-state index in [0.717, 1.165) is 0 Å². The number of ether oxygens (including phenoxy) is 2. The summed E-state index contributed by atoms with van der Waals surface area (Å²) >= 11 is 0. The second-order valence-electron chi connectivity index (χ2n) is 3.56. The predicted octanol–water partition coefficient (Wildman–Crippen LogP) is 0.469. The summed E-state index contributed by atoms with van der Waals surface area (Å²) in [5.41, 5.74) is 0. The SMILES string of the molecule is NOCCCS(=O)(=O)c1ccc2c(c1)OCO2. The fourth-order valence-electron chi connectivity index (χ4n) is 1.52. The summed E-state index contributed by atoms with van der Waals surface area (Å²) in [5, 5.41) is 0. The van der Waals surface area contributed by atoms with Crippen LogP contribution in [0.4, 0.5) is 0 Å². The van der Waals surface area contributed by atoms with Gasteiger partial charge in [-0.25, -0.2) is 14.3 Å². The number of hydrogen-bond donors (Lipinski definition) is 1. The molecule has 1 aliphatic rings. The van der Waals surface area contributed by atoms with Crippen LogP contribution in [0.3, 0.4) is 0 Å². The highest BCUT2D eigenvalue weighted by molar-refractivity contribution is 7.91.